The Kier molecular flexibility index (Phi) is 8.07. The quantitative estimate of drug-likeness (QED) is 0.264. The van der Waals surface area contributed by atoms with Gasteiger partial charge in [-0.3, -0.25) is 5.41 Å². The highest BCUT2D eigenvalue weighted by molar-refractivity contribution is 7.11. The van der Waals surface area contributed by atoms with Gasteiger partial charge in [0.2, 0.25) is 5.88 Å². The molecule has 1 aromatic carbocycles. The number of hydrogen-bond acceptors (Lipinski definition) is 7. The van der Waals surface area contributed by atoms with Crippen molar-refractivity contribution in [3.05, 3.63) is 35.4 Å². The summed E-state index contributed by atoms with van der Waals surface area (Å²) in [6.07, 6.45) is 6.81. The fraction of sp³-hybridized carbons (Fsp3) is 0.545. The van der Waals surface area contributed by atoms with Gasteiger partial charge in [-0.1, -0.05) is 31.9 Å². The van der Waals surface area contributed by atoms with Crippen LogP contribution in [-0.4, -0.2) is 44.8 Å². The molecule has 0 bridgehead atoms. The minimum Gasteiger partial charge on any atom is -0.492 e. The largest absolute Gasteiger partial charge is 0.492 e. The number of anilines is 2. The van der Waals surface area contributed by atoms with Gasteiger partial charge in [-0.05, 0) is 66.7 Å². The number of nitrogens with zero attached hydrogens (tertiary/aromatic N) is 1. The van der Waals surface area contributed by atoms with Gasteiger partial charge >= 0.3 is 0 Å². The van der Waals surface area contributed by atoms with E-state index in [1.54, 1.807) is 0 Å². The molecule has 1 saturated carbocycles. The summed E-state index contributed by atoms with van der Waals surface area (Å²) in [7, 11) is 0. The maximum Gasteiger partial charge on any atom is 0.236 e. The van der Waals surface area contributed by atoms with E-state index < -0.39 is 12.7 Å². The van der Waals surface area contributed by atoms with Crippen LogP contribution in [0.25, 0.3) is 0 Å². The van der Waals surface area contributed by atoms with Crippen molar-refractivity contribution >= 4 is 28.1 Å². The Morgan fingerprint density at radius 3 is 2.57 bits per heavy atom. The molecule has 0 unspecified atom stereocenters. The third-order valence-electron chi connectivity index (χ3n) is 5.83. The maximum atomic E-state index is 10.0. The van der Waals surface area contributed by atoms with Crippen LogP contribution in [0, 0.1) is 11.3 Å². The number of hydrogen-bond donors (Lipinski definition) is 6. The lowest BCUT2D eigenvalue weighted by atomic mass is 9.77. The van der Waals surface area contributed by atoms with Gasteiger partial charge in [0.15, 0.2) is 0 Å². The molecule has 1 atom stereocenters. The Morgan fingerprint density at radius 1 is 1.23 bits per heavy atom. The molecule has 1 fully saturated rings. The second-order valence-corrected chi connectivity index (χ2v) is 8.83. The van der Waals surface area contributed by atoms with E-state index >= 15 is 0 Å². The average Bonchev–Trinajstić information content (AvgIpc) is 3.13. The van der Waals surface area contributed by atoms with Gasteiger partial charge in [0.05, 0.1) is 12.7 Å². The summed E-state index contributed by atoms with van der Waals surface area (Å²) < 4.78 is 3.94. The number of aromatic nitrogens is 1. The summed E-state index contributed by atoms with van der Waals surface area (Å²) in [6.45, 7) is 1.88. The Bertz CT molecular complexity index is 816. The zero-order valence-corrected chi connectivity index (χ0v) is 18.2. The van der Waals surface area contributed by atoms with Crippen LogP contribution in [0.3, 0.4) is 0 Å². The number of aliphatic hydroxyl groups excluding tert-OH is 2. The highest BCUT2D eigenvalue weighted by Gasteiger charge is 2.22. The van der Waals surface area contributed by atoms with Gasteiger partial charge in [-0.25, -0.2) is 0 Å². The van der Waals surface area contributed by atoms with Crippen molar-refractivity contribution in [2.24, 2.45) is 5.92 Å². The fourth-order valence-corrected chi connectivity index (χ4v) is 4.84. The summed E-state index contributed by atoms with van der Waals surface area (Å²) >= 11 is 1.07. The van der Waals surface area contributed by atoms with Crippen LogP contribution in [0.4, 0.5) is 10.7 Å². The first-order chi connectivity index (χ1) is 14.5. The van der Waals surface area contributed by atoms with Crippen LogP contribution in [-0.2, 0) is 0 Å². The molecule has 1 aliphatic carbocycles. The summed E-state index contributed by atoms with van der Waals surface area (Å²) in [4.78, 5) is 0. The molecule has 0 saturated heterocycles. The lowest BCUT2D eigenvalue weighted by Gasteiger charge is -2.28. The molecule has 1 aliphatic rings. The Labute approximate surface area is 181 Å². The summed E-state index contributed by atoms with van der Waals surface area (Å²) in [5.74, 6) is 1.23. The molecule has 7 nitrogen and oxygen atoms in total. The van der Waals surface area contributed by atoms with Gasteiger partial charge in [0, 0.05) is 12.2 Å². The SMILES string of the molecule is CCCC1CCC(c2ccc(Nc3snc(O)c3C(=N)NC[C@@H](O)CO)cc2)CC1. The first-order valence-corrected chi connectivity index (χ1v) is 11.5. The molecular weight excluding hydrogens is 400 g/mol. The van der Waals surface area contributed by atoms with Gasteiger partial charge in [-0.15, -0.1) is 0 Å². The van der Waals surface area contributed by atoms with E-state index in [0.29, 0.717) is 10.9 Å². The van der Waals surface area contributed by atoms with E-state index in [1.807, 2.05) is 12.1 Å². The van der Waals surface area contributed by atoms with E-state index in [2.05, 4.69) is 34.1 Å². The zero-order valence-electron chi connectivity index (χ0n) is 17.4. The fourth-order valence-electron chi connectivity index (χ4n) is 4.13. The van der Waals surface area contributed by atoms with Crippen LogP contribution >= 0.6 is 11.5 Å². The third-order valence-corrected chi connectivity index (χ3v) is 6.59. The molecule has 0 spiro atoms. The Hall–Kier alpha value is -2.16. The third kappa shape index (κ3) is 5.71. The minimum atomic E-state index is -0.972. The highest BCUT2D eigenvalue weighted by Crippen LogP contribution is 2.38. The molecule has 164 valence electrons. The summed E-state index contributed by atoms with van der Waals surface area (Å²) in [5.41, 5.74) is 2.49. The second-order valence-electron chi connectivity index (χ2n) is 8.06. The normalized spacial score (nSPS) is 20.0. The van der Waals surface area contributed by atoms with Crippen molar-refractivity contribution in [3.8, 4) is 5.88 Å². The smallest absolute Gasteiger partial charge is 0.236 e. The molecule has 0 aliphatic heterocycles. The van der Waals surface area contributed by atoms with Crippen molar-refractivity contribution in [1.82, 2.24) is 9.69 Å². The molecule has 2 aromatic rings. The number of aliphatic hydroxyl groups is 2. The molecule has 1 aromatic heterocycles. The molecule has 3 rings (SSSR count). The molecule has 1 heterocycles. The zero-order chi connectivity index (χ0) is 21.5. The standard InChI is InChI=1S/C22H32N4O3S/c1-2-3-14-4-6-15(7-5-14)16-8-10-17(11-9-16)25-22-19(21(29)26-30-22)20(23)24-12-18(28)13-27/h8-11,14-15,18,25,27-28H,2-7,12-13H2,1H3,(H2,23,24)(H,26,29)/t14?,15?,18-/m1/s1. The van der Waals surface area contributed by atoms with Crippen molar-refractivity contribution in [2.75, 3.05) is 18.5 Å². The summed E-state index contributed by atoms with van der Waals surface area (Å²) in [5, 5.41) is 43.0. The lowest BCUT2D eigenvalue weighted by molar-refractivity contribution is 0.0982. The van der Waals surface area contributed by atoms with E-state index in [1.165, 1.54) is 44.1 Å². The van der Waals surface area contributed by atoms with Crippen LogP contribution in [0.2, 0.25) is 0 Å². The number of aromatic hydroxyl groups is 1. The lowest BCUT2D eigenvalue weighted by Crippen LogP contribution is -2.34. The van der Waals surface area contributed by atoms with Gasteiger partial charge in [0.25, 0.3) is 0 Å². The number of rotatable bonds is 9. The van der Waals surface area contributed by atoms with Crippen molar-refractivity contribution in [1.29, 1.82) is 5.41 Å². The predicted molar refractivity (Wildman–Crippen MR) is 121 cm³/mol. The van der Waals surface area contributed by atoms with Gasteiger partial charge in [-0.2, -0.15) is 4.37 Å². The second kappa shape index (κ2) is 10.7. The van der Waals surface area contributed by atoms with Crippen LogP contribution in [0.15, 0.2) is 24.3 Å². The van der Waals surface area contributed by atoms with Gasteiger partial charge in [0.1, 0.15) is 16.4 Å². The van der Waals surface area contributed by atoms with Crippen LogP contribution in [0.1, 0.15) is 62.5 Å². The molecule has 6 N–H and O–H groups in total. The predicted octanol–water partition coefficient (Wildman–Crippen LogP) is 3.93. The first kappa shape index (κ1) is 22.5. The van der Waals surface area contributed by atoms with E-state index in [9.17, 15) is 10.2 Å². The molecule has 8 heteroatoms. The Balaban J connectivity index is 1.62. The van der Waals surface area contributed by atoms with Crippen molar-refractivity contribution in [3.63, 3.8) is 0 Å². The van der Waals surface area contributed by atoms with Gasteiger partial charge < -0.3 is 26.0 Å². The molecule has 30 heavy (non-hydrogen) atoms. The van der Waals surface area contributed by atoms with Crippen molar-refractivity contribution < 1.29 is 15.3 Å². The first-order valence-electron chi connectivity index (χ1n) is 10.7. The van der Waals surface area contributed by atoms with E-state index in [4.69, 9.17) is 10.5 Å². The van der Waals surface area contributed by atoms with E-state index in [0.717, 1.165) is 23.1 Å². The summed E-state index contributed by atoms with van der Waals surface area (Å²) in [6, 6.07) is 8.38. The highest BCUT2D eigenvalue weighted by atomic mass is 32.1. The minimum absolute atomic E-state index is 0.0132. The Morgan fingerprint density at radius 2 is 1.93 bits per heavy atom. The number of amidine groups is 1. The maximum absolute atomic E-state index is 10.0. The number of nitrogens with one attached hydrogen (secondary N) is 3. The topological polar surface area (TPSA) is 121 Å². The average molecular weight is 433 g/mol. The van der Waals surface area contributed by atoms with Crippen LogP contribution in [0.5, 0.6) is 5.88 Å². The van der Waals surface area contributed by atoms with Crippen molar-refractivity contribution in [2.45, 2.75) is 57.5 Å². The van der Waals surface area contributed by atoms with Crippen LogP contribution < -0.4 is 10.6 Å². The van der Waals surface area contributed by atoms with E-state index in [-0.39, 0.29) is 23.8 Å². The molecule has 0 amide bonds. The monoisotopic (exact) mass is 432 g/mol. The number of benzene rings is 1. The molecule has 0 radical (unpaired) electrons. The molecular formula is C22H32N4O3S.